The number of rotatable bonds is 10. The predicted octanol–water partition coefficient (Wildman–Crippen LogP) is 4.57. The molecular formula is C43H43N7O6. The fourth-order valence-corrected chi connectivity index (χ4v) is 9.67. The fourth-order valence-electron chi connectivity index (χ4n) is 9.67. The highest BCUT2D eigenvalue weighted by Gasteiger charge is 2.54. The van der Waals surface area contributed by atoms with Gasteiger partial charge in [0.15, 0.2) is 0 Å². The molecule has 13 heteroatoms. The molecule has 0 bridgehead atoms. The van der Waals surface area contributed by atoms with Crippen LogP contribution in [0.3, 0.4) is 0 Å². The molecule has 2 saturated heterocycles. The lowest BCUT2D eigenvalue weighted by atomic mass is 9.60. The fraction of sp³-hybridized carbons (Fsp3) is 0.395. The number of carbonyl (C=O) groups excluding carboxylic acids is 4. The molecule has 3 aromatic heterocycles. The van der Waals surface area contributed by atoms with Gasteiger partial charge in [0.25, 0.3) is 11.8 Å². The molecule has 4 fully saturated rings. The molecule has 1 atom stereocenters. The van der Waals surface area contributed by atoms with Gasteiger partial charge in [-0.2, -0.15) is 0 Å². The molecule has 2 aromatic carbocycles. The Morgan fingerprint density at radius 2 is 1.68 bits per heavy atom. The number of aryl methyl sites for hydroxylation is 1. The minimum Gasteiger partial charge on any atom is -0.492 e. The summed E-state index contributed by atoms with van der Waals surface area (Å²) in [6, 6.07) is 17.7. The summed E-state index contributed by atoms with van der Waals surface area (Å²) in [7, 11) is 4.36. The van der Waals surface area contributed by atoms with Crippen LogP contribution in [-0.2, 0) is 16.6 Å². The van der Waals surface area contributed by atoms with Gasteiger partial charge in [-0.05, 0) is 73.7 Å². The zero-order valence-corrected chi connectivity index (χ0v) is 31.4. The van der Waals surface area contributed by atoms with Crippen LogP contribution in [-0.4, -0.2) is 110 Å². The number of amides is 4. The second-order valence-corrected chi connectivity index (χ2v) is 16.4. The molecular weight excluding hydrogens is 711 g/mol. The first kappa shape index (κ1) is 34.8. The number of hydrogen-bond acceptors (Lipinski definition) is 10. The molecule has 0 radical (unpaired) electrons. The molecule has 286 valence electrons. The van der Waals surface area contributed by atoms with E-state index in [9.17, 15) is 19.2 Å². The lowest BCUT2D eigenvalue weighted by molar-refractivity contribution is -0.136. The number of imide groups is 2. The van der Waals surface area contributed by atoms with Gasteiger partial charge in [-0.3, -0.25) is 39.3 Å². The third kappa shape index (κ3) is 5.83. The number of ether oxygens (including phenoxy) is 2. The van der Waals surface area contributed by atoms with E-state index < -0.39 is 29.7 Å². The molecule has 2 saturated carbocycles. The second-order valence-electron chi connectivity index (χ2n) is 16.4. The molecule has 4 amide bonds. The molecule has 6 heterocycles. The molecule has 1 N–H and O–H groups in total. The van der Waals surface area contributed by atoms with E-state index in [1.165, 1.54) is 29.3 Å². The first-order chi connectivity index (χ1) is 27.1. The second kappa shape index (κ2) is 13.2. The normalized spacial score (nSPS) is 23.3. The lowest BCUT2D eigenvalue weighted by Crippen LogP contribution is -2.68. The maximum atomic E-state index is 13.1. The van der Waals surface area contributed by atoms with Crippen molar-refractivity contribution in [2.75, 3.05) is 33.3 Å². The van der Waals surface area contributed by atoms with Crippen LogP contribution >= 0.6 is 0 Å². The van der Waals surface area contributed by atoms with Gasteiger partial charge in [0.2, 0.25) is 17.7 Å². The van der Waals surface area contributed by atoms with E-state index in [2.05, 4.69) is 74.1 Å². The van der Waals surface area contributed by atoms with Crippen molar-refractivity contribution in [3.8, 4) is 22.8 Å². The molecule has 5 aliphatic rings. The minimum atomic E-state index is -0.982. The Labute approximate surface area is 323 Å². The van der Waals surface area contributed by atoms with Gasteiger partial charge in [0.1, 0.15) is 24.5 Å². The van der Waals surface area contributed by atoms with Crippen LogP contribution in [0.4, 0.5) is 0 Å². The number of benzene rings is 2. The van der Waals surface area contributed by atoms with Gasteiger partial charge >= 0.3 is 0 Å². The number of piperidine rings is 1. The average molecular weight is 754 g/mol. The molecule has 5 aromatic rings. The maximum absolute atomic E-state index is 13.1. The van der Waals surface area contributed by atoms with Gasteiger partial charge in [0.05, 0.1) is 16.6 Å². The predicted molar refractivity (Wildman–Crippen MR) is 207 cm³/mol. The zero-order valence-electron chi connectivity index (χ0n) is 31.4. The van der Waals surface area contributed by atoms with E-state index in [-0.39, 0.29) is 30.1 Å². The number of fused-ring (bicyclic) bond motifs is 4. The summed E-state index contributed by atoms with van der Waals surface area (Å²) in [5.41, 5.74) is 5.39. The number of carbonyl (C=O) groups is 4. The molecule has 10 rings (SSSR count). The van der Waals surface area contributed by atoms with E-state index in [4.69, 9.17) is 9.47 Å². The Balaban J connectivity index is 0.652. The van der Waals surface area contributed by atoms with Crippen LogP contribution in [0.5, 0.6) is 11.6 Å². The zero-order chi connectivity index (χ0) is 38.3. The Kier molecular flexibility index (Phi) is 8.22. The van der Waals surface area contributed by atoms with Crippen molar-refractivity contribution in [1.29, 1.82) is 0 Å². The summed E-state index contributed by atoms with van der Waals surface area (Å²) >= 11 is 0. The largest absolute Gasteiger partial charge is 0.492 e. The van der Waals surface area contributed by atoms with Crippen molar-refractivity contribution >= 4 is 45.4 Å². The van der Waals surface area contributed by atoms with Crippen LogP contribution in [0.1, 0.15) is 59.2 Å². The molecule has 3 aliphatic heterocycles. The van der Waals surface area contributed by atoms with Crippen LogP contribution < -0.4 is 14.8 Å². The third-order valence-electron chi connectivity index (χ3n) is 12.9. The summed E-state index contributed by atoms with van der Waals surface area (Å²) in [5, 5.41) is 4.58. The van der Waals surface area contributed by atoms with Crippen molar-refractivity contribution in [1.82, 2.24) is 34.6 Å². The van der Waals surface area contributed by atoms with Gasteiger partial charge < -0.3 is 18.9 Å². The SMILES string of the molecule is CN(C1CC(Oc2ccc(-c3ccc4c5cnccc5n(C)c4c3)cn2)C1)C1CC2(C1)CN(CCOc1ccc3c(c1)C(=O)N(C1CCC(=O)NC1=O)C3=O)C2. The van der Waals surface area contributed by atoms with E-state index in [0.29, 0.717) is 35.7 Å². The van der Waals surface area contributed by atoms with E-state index in [1.54, 1.807) is 18.2 Å². The highest BCUT2D eigenvalue weighted by atomic mass is 16.5. The van der Waals surface area contributed by atoms with Crippen LogP contribution in [0, 0.1) is 5.41 Å². The Bertz CT molecular complexity index is 2420. The van der Waals surface area contributed by atoms with E-state index in [1.807, 2.05) is 24.7 Å². The van der Waals surface area contributed by atoms with Crippen molar-refractivity contribution in [2.24, 2.45) is 12.5 Å². The summed E-state index contributed by atoms with van der Waals surface area (Å²) in [6.45, 7) is 3.37. The lowest BCUT2D eigenvalue weighted by Gasteiger charge is -2.62. The topological polar surface area (TPSA) is 139 Å². The first-order valence-corrected chi connectivity index (χ1v) is 19.5. The Morgan fingerprint density at radius 3 is 2.46 bits per heavy atom. The number of pyridine rings is 2. The van der Waals surface area contributed by atoms with Crippen LogP contribution in [0.15, 0.2) is 73.2 Å². The number of nitrogens with zero attached hydrogens (tertiary/aromatic N) is 6. The van der Waals surface area contributed by atoms with E-state index >= 15 is 0 Å². The summed E-state index contributed by atoms with van der Waals surface area (Å²) in [6.07, 6.45) is 10.5. The van der Waals surface area contributed by atoms with Crippen molar-refractivity contribution < 1.29 is 28.7 Å². The monoisotopic (exact) mass is 753 g/mol. The van der Waals surface area contributed by atoms with Crippen molar-refractivity contribution in [3.63, 3.8) is 0 Å². The van der Waals surface area contributed by atoms with Crippen molar-refractivity contribution in [2.45, 2.75) is 62.8 Å². The molecule has 2 aliphatic carbocycles. The van der Waals surface area contributed by atoms with E-state index in [0.717, 1.165) is 53.9 Å². The van der Waals surface area contributed by atoms with Crippen LogP contribution in [0.25, 0.3) is 32.9 Å². The summed E-state index contributed by atoms with van der Waals surface area (Å²) < 4.78 is 14.5. The summed E-state index contributed by atoms with van der Waals surface area (Å²) in [5.74, 6) is -0.874. The molecule has 56 heavy (non-hydrogen) atoms. The van der Waals surface area contributed by atoms with Crippen molar-refractivity contribution in [3.05, 3.63) is 84.3 Å². The maximum Gasteiger partial charge on any atom is 0.262 e. The standard InChI is InChI=1S/C43H43N7O6/c1-47(27-16-30(17-27)56-39-10-4-26(21-45-39)25-3-6-31-34-22-44-12-11-35(34)48(2)37(31)15-25)28-19-43(20-28)23-49(24-43)13-14-55-29-5-7-32-33(18-29)42(54)50(41(32)53)36-8-9-38(51)46-40(36)52/h3-7,10-12,15,18,21-22,27-28,30,36H,8-9,13-14,16-17,19-20,23-24H2,1-2H3,(H,46,51,52). The molecule has 1 unspecified atom stereocenters. The van der Waals surface area contributed by atoms with Crippen LogP contribution in [0.2, 0.25) is 0 Å². The van der Waals surface area contributed by atoms with Gasteiger partial charge in [-0.1, -0.05) is 12.1 Å². The highest BCUT2D eigenvalue weighted by Crippen LogP contribution is 2.51. The number of aromatic nitrogens is 3. The van der Waals surface area contributed by atoms with Gasteiger partial charge in [-0.25, -0.2) is 4.98 Å². The molecule has 13 nitrogen and oxygen atoms in total. The molecule has 1 spiro atoms. The first-order valence-electron chi connectivity index (χ1n) is 19.5. The highest BCUT2D eigenvalue weighted by molar-refractivity contribution is 6.23. The Morgan fingerprint density at radius 1 is 0.875 bits per heavy atom. The van der Waals surface area contributed by atoms with Gasteiger partial charge in [-0.15, -0.1) is 0 Å². The minimum absolute atomic E-state index is 0.0876. The third-order valence-corrected chi connectivity index (χ3v) is 12.9. The smallest absolute Gasteiger partial charge is 0.262 e. The number of likely N-dealkylation sites (tertiary alicyclic amines) is 1. The summed E-state index contributed by atoms with van der Waals surface area (Å²) in [4.78, 5) is 64.9. The average Bonchev–Trinajstić information content (AvgIpc) is 3.58. The quantitative estimate of drug-likeness (QED) is 0.202. The number of nitrogens with one attached hydrogen (secondary N) is 1. The number of hydrogen-bond donors (Lipinski definition) is 1. The van der Waals surface area contributed by atoms with Gasteiger partial charge in [0, 0.05) is 105 Å². The Hall–Kier alpha value is -5.66.